The monoisotopic (exact) mass is 516 g/mol. The number of anilines is 1. The molecule has 1 heterocycles. The van der Waals surface area contributed by atoms with Crippen LogP contribution in [0.2, 0.25) is 0 Å². The number of fused-ring (bicyclic) bond motifs is 1. The smallest absolute Gasteiger partial charge is 0.336 e. The number of nitrogens with one attached hydrogen (secondary N) is 2. The minimum atomic E-state index is -0.691. The van der Waals surface area contributed by atoms with Gasteiger partial charge in [-0.1, -0.05) is 43.7 Å². The molecule has 0 aliphatic carbocycles. The summed E-state index contributed by atoms with van der Waals surface area (Å²) in [5.74, 6) is -1.10. The minimum absolute atomic E-state index is 0.101. The molecule has 0 saturated carbocycles. The van der Waals surface area contributed by atoms with Crippen LogP contribution >= 0.6 is 0 Å². The summed E-state index contributed by atoms with van der Waals surface area (Å²) >= 11 is 0. The predicted molar refractivity (Wildman–Crippen MR) is 145 cm³/mol. The van der Waals surface area contributed by atoms with Crippen molar-refractivity contribution in [3.05, 3.63) is 105 Å². The lowest BCUT2D eigenvalue weighted by Gasteiger charge is -2.15. The SMILES string of the molecule is CCCCNC(=O)Cc1ccc(-n2c(=O)c3ccccc3n(CC(=O)Nc3ccc(C)c(F)c3)c2=O)cc1. The number of halogens is 1. The average molecular weight is 517 g/mol. The third-order valence-corrected chi connectivity index (χ3v) is 6.22. The number of aromatic nitrogens is 2. The molecule has 1 aromatic heterocycles. The summed E-state index contributed by atoms with van der Waals surface area (Å²) in [6.45, 7) is 3.90. The van der Waals surface area contributed by atoms with Crippen molar-refractivity contribution < 1.29 is 14.0 Å². The van der Waals surface area contributed by atoms with E-state index in [4.69, 9.17) is 0 Å². The molecule has 9 heteroatoms. The number of aryl methyl sites for hydroxylation is 1. The second-order valence-electron chi connectivity index (χ2n) is 9.09. The van der Waals surface area contributed by atoms with E-state index in [-0.39, 0.29) is 29.9 Å². The first-order valence-electron chi connectivity index (χ1n) is 12.4. The van der Waals surface area contributed by atoms with E-state index in [0.717, 1.165) is 23.0 Å². The highest BCUT2D eigenvalue weighted by atomic mass is 19.1. The van der Waals surface area contributed by atoms with E-state index >= 15 is 0 Å². The summed E-state index contributed by atoms with van der Waals surface area (Å²) < 4.78 is 16.1. The van der Waals surface area contributed by atoms with E-state index < -0.39 is 23.0 Å². The van der Waals surface area contributed by atoms with Gasteiger partial charge < -0.3 is 10.6 Å². The van der Waals surface area contributed by atoms with E-state index in [2.05, 4.69) is 10.6 Å². The zero-order valence-electron chi connectivity index (χ0n) is 21.3. The van der Waals surface area contributed by atoms with Gasteiger partial charge in [0.15, 0.2) is 0 Å². The molecule has 0 aliphatic heterocycles. The molecule has 0 bridgehead atoms. The Kier molecular flexibility index (Phi) is 8.15. The largest absolute Gasteiger partial charge is 0.356 e. The third-order valence-electron chi connectivity index (χ3n) is 6.22. The van der Waals surface area contributed by atoms with Gasteiger partial charge in [0.2, 0.25) is 11.8 Å². The van der Waals surface area contributed by atoms with Gasteiger partial charge in [0.25, 0.3) is 5.56 Å². The van der Waals surface area contributed by atoms with Gasteiger partial charge in [-0.25, -0.2) is 13.8 Å². The molecular weight excluding hydrogens is 487 g/mol. The highest BCUT2D eigenvalue weighted by Gasteiger charge is 2.17. The summed E-state index contributed by atoms with van der Waals surface area (Å²) in [4.78, 5) is 51.8. The number of nitrogens with zero attached hydrogens (tertiary/aromatic N) is 2. The molecular formula is C29H29FN4O4. The Bertz CT molecular complexity index is 1610. The maximum Gasteiger partial charge on any atom is 0.336 e. The highest BCUT2D eigenvalue weighted by Crippen LogP contribution is 2.15. The standard InChI is InChI=1S/C29H29FN4O4/c1-3-4-15-31-26(35)16-20-10-13-22(14-11-20)34-28(37)23-7-5-6-8-25(23)33(29(34)38)18-27(36)32-21-12-9-19(2)24(30)17-21/h5-14,17H,3-4,15-16,18H2,1-2H3,(H,31,35)(H,32,36). The van der Waals surface area contributed by atoms with Crippen LogP contribution in [0.15, 0.2) is 76.3 Å². The van der Waals surface area contributed by atoms with E-state index in [1.807, 2.05) is 6.92 Å². The molecule has 4 rings (SSSR count). The van der Waals surface area contributed by atoms with Crippen molar-refractivity contribution in [2.24, 2.45) is 0 Å². The van der Waals surface area contributed by atoms with Crippen molar-refractivity contribution in [2.75, 3.05) is 11.9 Å². The third kappa shape index (κ3) is 5.88. The maximum atomic E-state index is 13.9. The van der Waals surface area contributed by atoms with Crippen LogP contribution in [0.4, 0.5) is 10.1 Å². The topological polar surface area (TPSA) is 102 Å². The Morgan fingerprint density at radius 2 is 1.68 bits per heavy atom. The summed E-state index contributed by atoms with van der Waals surface area (Å²) in [6.07, 6.45) is 2.07. The van der Waals surface area contributed by atoms with Crippen molar-refractivity contribution in [3.63, 3.8) is 0 Å². The Labute approximate surface area is 218 Å². The number of benzene rings is 3. The predicted octanol–water partition coefficient (Wildman–Crippen LogP) is 3.70. The van der Waals surface area contributed by atoms with Crippen LogP contribution in [-0.4, -0.2) is 27.5 Å². The van der Waals surface area contributed by atoms with Crippen molar-refractivity contribution in [2.45, 2.75) is 39.7 Å². The van der Waals surface area contributed by atoms with Gasteiger partial charge in [-0.15, -0.1) is 0 Å². The van der Waals surface area contributed by atoms with Crippen molar-refractivity contribution in [1.82, 2.24) is 14.5 Å². The molecule has 4 aromatic rings. The Balaban J connectivity index is 1.65. The number of unbranched alkanes of at least 4 members (excludes halogenated alkanes) is 1. The lowest BCUT2D eigenvalue weighted by Crippen LogP contribution is -2.40. The fraction of sp³-hybridized carbons (Fsp3) is 0.241. The van der Waals surface area contributed by atoms with Crippen LogP contribution in [0.3, 0.4) is 0 Å². The summed E-state index contributed by atoms with van der Waals surface area (Å²) in [5, 5.41) is 5.73. The molecule has 0 radical (unpaired) electrons. The number of para-hydroxylation sites is 1. The van der Waals surface area contributed by atoms with Crippen LogP contribution in [0.5, 0.6) is 0 Å². The van der Waals surface area contributed by atoms with Gasteiger partial charge in [-0.2, -0.15) is 0 Å². The summed E-state index contributed by atoms with van der Waals surface area (Å²) in [6, 6.07) is 17.5. The minimum Gasteiger partial charge on any atom is -0.356 e. The molecule has 0 fully saturated rings. The fourth-order valence-corrected chi connectivity index (χ4v) is 4.13. The van der Waals surface area contributed by atoms with Gasteiger partial charge in [-0.05, 0) is 60.9 Å². The quantitative estimate of drug-likeness (QED) is 0.331. The van der Waals surface area contributed by atoms with Crippen LogP contribution in [0.1, 0.15) is 30.9 Å². The lowest BCUT2D eigenvalue weighted by molar-refractivity contribution is -0.120. The second kappa shape index (κ2) is 11.7. The number of carbonyl (C=O) groups is 2. The number of amides is 2. The van der Waals surface area contributed by atoms with E-state index in [1.165, 1.54) is 10.6 Å². The van der Waals surface area contributed by atoms with Crippen molar-refractivity contribution in [3.8, 4) is 5.69 Å². The molecule has 0 spiro atoms. The first kappa shape index (κ1) is 26.5. The second-order valence-corrected chi connectivity index (χ2v) is 9.09. The molecule has 2 amide bonds. The van der Waals surface area contributed by atoms with E-state index in [0.29, 0.717) is 23.3 Å². The Morgan fingerprint density at radius 3 is 2.39 bits per heavy atom. The molecule has 3 aromatic carbocycles. The van der Waals surface area contributed by atoms with E-state index in [1.54, 1.807) is 67.6 Å². The molecule has 2 N–H and O–H groups in total. The van der Waals surface area contributed by atoms with E-state index in [9.17, 15) is 23.6 Å². The van der Waals surface area contributed by atoms with Gasteiger partial charge in [0, 0.05) is 12.2 Å². The molecule has 38 heavy (non-hydrogen) atoms. The van der Waals surface area contributed by atoms with Crippen LogP contribution in [0.25, 0.3) is 16.6 Å². The normalized spacial score (nSPS) is 10.9. The maximum absolute atomic E-state index is 13.9. The van der Waals surface area contributed by atoms with Crippen LogP contribution in [0, 0.1) is 12.7 Å². The fourth-order valence-electron chi connectivity index (χ4n) is 4.13. The highest BCUT2D eigenvalue weighted by molar-refractivity contribution is 5.91. The molecule has 0 atom stereocenters. The molecule has 8 nitrogen and oxygen atoms in total. The first-order chi connectivity index (χ1) is 18.3. The van der Waals surface area contributed by atoms with Gasteiger partial charge in [0.05, 0.1) is 23.0 Å². The summed E-state index contributed by atoms with van der Waals surface area (Å²) in [5.41, 5.74) is 0.858. The Morgan fingerprint density at radius 1 is 0.947 bits per heavy atom. The number of hydrogen-bond acceptors (Lipinski definition) is 4. The first-order valence-corrected chi connectivity index (χ1v) is 12.4. The van der Waals surface area contributed by atoms with Crippen LogP contribution in [-0.2, 0) is 22.6 Å². The Hall–Kier alpha value is -4.53. The number of carbonyl (C=O) groups excluding carboxylic acids is 2. The number of hydrogen-bond donors (Lipinski definition) is 2. The number of rotatable bonds is 9. The summed E-state index contributed by atoms with van der Waals surface area (Å²) in [7, 11) is 0. The molecule has 0 unspecified atom stereocenters. The molecule has 0 saturated heterocycles. The molecule has 0 aliphatic rings. The van der Waals surface area contributed by atoms with Gasteiger partial charge >= 0.3 is 5.69 Å². The molecule has 196 valence electrons. The van der Waals surface area contributed by atoms with Crippen molar-refractivity contribution in [1.29, 1.82) is 0 Å². The zero-order chi connectivity index (χ0) is 27.2. The van der Waals surface area contributed by atoms with Gasteiger partial charge in [-0.3, -0.25) is 19.0 Å². The zero-order valence-corrected chi connectivity index (χ0v) is 21.3. The average Bonchev–Trinajstić information content (AvgIpc) is 2.90. The van der Waals surface area contributed by atoms with Crippen LogP contribution < -0.4 is 21.9 Å². The van der Waals surface area contributed by atoms with Gasteiger partial charge in [0.1, 0.15) is 12.4 Å². The lowest BCUT2D eigenvalue weighted by atomic mass is 10.1. The van der Waals surface area contributed by atoms with Crippen molar-refractivity contribution >= 4 is 28.4 Å².